The molecule has 162 valence electrons. The first-order valence-corrected chi connectivity index (χ1v) is 11.0. The van der Waals surface area contributed by atoms with Crippen molar-refractivity contribution < 1.29 is 28.9 Å². The highest BCUT2D eigenvalue weighted by atomic mass is 32.2. The summed E-state index contributed by atoms with van der Waals surface area (Å²) in [5, 5.41) is 30.9. The topological polar surface area (TPSA) is 122 Å². The van der Waals surface area contributed by atoms with Gasteiger partial charge in [-0.05, 0) is 30.5 Å². The van der Waals surface area contributed by atoms with E-state index in [1.807, 2.05) is 19.1 Å². The Labute approximate surface area is 177 Å². The Morgan fingerprint density at radius 1 is 1.10 bits per heavy atom. The van der Waals surface area contributed by atoms with Gasteiger partial charge in [-0.3, -0.25) is 0 Å². The summed E-state index contributed by atoms with van der Waals surface area (Å²) >= 11 is -2.24. The molecule has 30 heavy (non-hydrogen) atoms. The van der Waals surface area contributed by atoms with Gasteiger partial charge in [0.2, 0.25) is 0 Å². The molecule has 1 aliphatic rings. The fourth-order valence-corrected chi connectivity index (χ4v) is 4.35. The Kier molecular flexibility index (Phi) is 7.22. The average molecular weight is 435 g/mol. The van der Waals surface area contributed by atoms with Gasteiger partial charge in [0.25, 0.3) is 0 Å². The quantitative estimate of drug-likeness (QED) is 0.443. The number of rotatable bonds is 9. The molecule has 0 aliphatic carbocycles. The first kappa shape index (κ1) is 22.4. The lowest BCUT2D eigenvalue weighted by atomic mass is 10.1. The first-order valence-electron chi connectivity index (χ1n) is 9.70. The molecule has 3 rings (SSSR count). The molecule has 1 aliphatic heterocycles. The summed E-state index contributed by atoms with van der Waals surface area (Å²) in [6, 6.07) is 13.0. The third-order valence-corrected chi connectivity index (χ3v) is 5.93. The first-order chi connectivity index (χ1) is 14.3. The maximum absolute atomic E-state index is 12.0. The Morgan fingerprint density at radius 2 is 1.67 bits per heavy atom. The summed E-state index contributed by atoms with van der Waals surface area (Å²) in [5.41, 5.74) is 2.75. The van der Waals surface area contributed by atoms with Gasteiger partial charge in [-0.25, -0.2) is 13.9 Å². The number of carbonyl (C=O) groups is 1. The van der Waals surface area contributed by atoms with Crippen LogP contribution in [0.5, 0.6) is 0 Å². The Bertz CT molecular complexity index is 878. The van der Waals surface area contributed by atoms with Crippen molar-refractivity contribution in [1.29, 1.82) is 0 Å². The zero-order valence-corrected chi connectivity index (χ0v) is 17.4. The number of aliphatic hydroxyl groups is 2. The number of carboxylic acid groups (broad SMARTS) is 1. The van der Waals surface area contributed by atoms with Crippen molar-refractivity contribution in [2.24, 2.45) is 0 Å². The molecular weight excluding hydrogens is 408 g/mol. The van der Waals surface area contributed by atoms with Gasteiger partial charge in [-0.1, -0.05) is 43.3 Å². The molecule has 0 amide bonds. The minimum absolute atomic E-state index is 0.0319. The van der Waals surface area contributed by atoms with Gasteiger partial charge >= 0.3 is 5.97 Å². The van der Waals surface area contributed by atoms with Crippen LogP contribution in [0.15, 0.2) is 48.5 Å². The van der Waals surface area contributed by atoms with Crippen molar-refractivity contribution in [3.63, 3.8) is 0 Å². The van der Waals surface area contributed by atoms with Crippen LogP contribution in [0.4, 0.5) is 5.69 Å². The second-order valence-corrected chi connectivity index (χ2v) is 8.10. The summed E-state index contributed by atoms with van der Waals surface area (Å²) < 4.78 is 21.0. The van der Waals surface area contributed by atoms with E-state index in [0.717, 1.165) is 12.0 Å². The summed E-state index contributed by atoms with van der Waals surface area (Å²) in [7, 11) is 0. The molecule has 8 nitrogen and oxygen atoms in total. The van der Waals surface area contributed by atoms with Gasteiger partial charge in [-0.2, -0.15) is 0 Å². The zero-order valence-electron chi connectivity index (χ0n) is 16.6. The Balaban J connectivity index is 1.80. The van der Waals surface area contributed by atoms with Crippen molar-refractivity contribution in [1.82, 2.24) is 4.90 Å². The van der Waals surface area contributed by atoms with Crippen LogP contribution in [0.2, 0.25) is 0 Å². The standard InChI is InChI=1S/C21H26N2O6S/c1-2-14-7-9-15(10-8-14)23(13-30(28)29)18(21(26)27)11-12-22-19(24)16-5-3-4-6-17(16)20(22)25/h3-10,18-20,24-25H,2,11-13H2,1H3,(H,26,27)(H,28,29). The van der Waals surface area contributed by atoms with Crippen LogP contribution in [0.1, 0.15) is 42.5 Å². The number of nitrogens with zero attached hydrogens (tertiary/aromatic N) is 2. The average Bonchev–Trinajstić information content (AvgIpc) is 2.97. The normalized spacial score (nSPS) is 20.5. The summed E-state index contributed by atoms with van der Waals surface area (Å²) in [4.78, 5) is 14.8. The number of hydrogen-bond acceptors (Lipinski definition) is 6. The SMILES string of the molecule is CCc1ccc(N(CS(=O)O)C(CCN2C(O)c3ccccc3C2O)C(=O)O)cc1. The van der Waals surface area contributed by atoms with E-state index in [0.29, 0.717) is 16.8 Å². The molecule has 0 aromatic heterocycles. The van der Waals surface area contributed by atoms with E-state index in [9.17, 15) is 28.9 Å². The number of anilines is 1. The molecule has 0 saturated heterocycles. The Hall–Kier alpha value is -2.30. The third kappa shape index (κ3) is 4.71. The zero-order chi connectivity index (χ0) is 21.8. The van der Waals surface area contributed by atoms with E-state index in [1.165, 1.54) is 9.80 Å². The maximum Gasteiger partial charge on any atom is 0.326 e. The van der Waals surface area contributed by atoms with Gasteiger partial charge < -0.3 is 24.8 Å². The fourth-order valence-electron chi connectivity index (χ4n) is 3.79. The lowest BCUT2D eigenvalue weighted by molar-refractivity contribution is -0.139. The van der Waals surface area contributed by atoms with Crippen LogP contribution in [0.3, 0.4) is 0 Å². The molecule has 4 unspecified atom stereocenters. The van der Waals surface area contributed by atoms with Crippen LogP contribution in [-0.4, -0.2) is 53.4 Å². The minimum atomic E-state index is -2.24. The summed E-state index contributed by atoms with van der Waals surface area (Å²) in [5.74, 6) is -1.52. The van der Waals surface area contributed by atoms with E-state index in [-0.39, 0.29) is 18.8 Å². The summed E-state index contributed by atoms with van der Waals surface area (Å²) in [6.07, 6.45) is -1.24. The van der Waals surface area contributed by atoms with Crippen molar-refractivity contribution in [3.05, 3.63) is 65.2 Å². The molecule has 0 radical (unpaired) electrons. The number of aliphatic carboxylic acids is 1. The lowest BCUT2D eigenvalue weighted by Crippen LogP contribution is -2.45. The number of hydrogen-bond donors (Lipinski definition) is 4. The van der Waals surface area contributed by atoms with Gasteiger partial charge in [0.1, 0.15) is 24.4 Å². The molecular formula is C21H26N2O6S. The second kappa shape index (κ2) is 9.67. The van der Waals surface area contributed by atoms with Crippen LogP contribution in [0.25, 0.3) is 0 Å². The number of fused-ring (bicyclic) bond motifs is 1. The smallest absolute Gasteiger partial charge is 0.326 e. The van der Waals surface area contributed by atoms with Crippen LogP contribution >= 0.6 is 0 Å². The predicted octanol–water partition coefficient (Wildman–Crippen LogP) is 2.08. The molecule has 4 N–H and O–H groups in total. The number of carboxylic acids is 1. The number of benzene rings is 2. The molecule has 2 aromatic carbocycles. The molecule has 2 aromatic rings. The van der Waals surface area contributed by atoms with Crippen molar-refractivity contribution >= 4 is 22.7 Å². The molecule has 4 atom stereocenters. The van der Waals surface area contributed by atoms with Crippen LogP contribution in [-0.2, 0) is 22.3 Å². The third-order valence-electron chi connectivity index (χ3n) is 5.43. The van der Waals surface area contributed by atoms with E-state index < -0.39 is 35.5 Å². The molecule has 0 spiro atoms. The highest BCUT2D eigenvalue weighted by Crippen LogP contribution is 2.39. The van der Waals surface area contributed by atoms with E-state index in [2.05, 4.69) is 0 Å². The van der Waals surface area contributed by atoms with E-state index in [4.69, 9.17) is 0 Å². The number of aliphatic hydroxyl groups excluding tert-OH is 2. The highest BCUT2D eigenvalue weighted by Gasteiger charge is 2.37. The van der Waals surface area contributed by atoms with Crippen molar-refractivity contribution in [2.45, 2.75) is 38.3 Å². The fraction of sp³-hybridized carbons (Fsp3) is 0.381. The molecule has 9 heteroatoms. The predicted molar refractivity (Wildman–Crippen MR) is 113 cm³/mol. The highest BCUT2D eigenvalue weighted by molar-refractivity contribution is 7.79. The van der Waals surface area contributed by atoms with Gasteiger partial charge in [0.15, 0.2) is 11.1 Å². The van der Waals surface area contributed by atoms with E-state index >= 15 is 0 Å². The maximum atomic E-state index is 12.0. The van der Waals surface area contributed by atoms with Gasteiger partial charge in [-0.15, -0.1) is 0 Å². The second-order valence-electron chi connectivity index (χ2n) is 7.20. The summed E-state index contributed by atoms with van der Waals surface area (Å²) in [6.45, 7) is 2.08. The minimum Gasteiger partial charge on any atom is -0.480 e. The van der Waals surface area contributed by atoms with Gasteiger partial charge in [0.05, 0.1) is 0 Å². The monoisotopic (exact) mass is 434 g/mol. The van der Waals surface area contributed by atoms with Crippen LogP contribution < -0.4 is 4.90 Å². The Morgan fingerprint density at radius 3 is 2.13 bits per heavy atom. The molecule has 1 heterocycles. The lowest BCUT2D eigenvalue weighted by Gasteiger charge is -2.32. The number of aryl methyl sites for hydroxylation is 1. The van der Waals surface area contributed by atoms with Gasteiger partial charge in [0, 0.05) is 23.4 Å². The molecule has 0 fully saturated rings. The largest absolute Gasteiger partial charge is 0.480 e. The van der Waals surface area contributed by atoms with Crippen molar-refractivity contribution in [3.8, 4) is 0 Å². The molecule has 0 saturated carbocycles. The van der Waals surface area contributed by atoms with Crippen LogP contribution in [0, 0.1) is 0 Å². The van der Waals surface area contributed by atoms with E-state index in [1.54, 1.807) is 36.4 Å². The van der Waals surface area contributed by atoms with Crippen molar-refractivity contribution in [2.75, 3.05) is 17.3 Å². The molecule has 0 bridgehead atoms.